The summed E-state index contributed by atoms with van der Waals surface area (Å²) >= 11 is 21.3. The molecule has 0 bridgehead atoms. The fraction of sp³-hybridized carbons (Fsp3) is 0.0769. The maximum Gasteiger partial charge on any atom is 0.120 e. The van der Waals surface area contributed by atoms with Gasteiger partial charge in [0, 0.05) is 21.6 Å². The molecule has 0 saturated heterocycles. The van der Waals surface area contributed by atoms with Crippen molar-refractivity contribution < 1.29 is 5.11 Å². The van der Waals surface area contributed by atoms with Crippen LogP contribution in [0.4, 0.5) is 5.69 Å². The molecule has 100 valence electrons. The fourth-order valence-electron chi connectivity index (χ4n) is 1.59. The van der Waals surface area contributed by atoms with Crippen LogP contribution >= 0.6 is 50.7 Å². The largest absolute Gasteiger partial charge is 0.508 e. The van der Waals surface area contributed by atoms with E-state index in [0.29, 0.717) is 27.3 Å². The van der Waals surface area contributed by atoms with Gasteiger partial charge >= 0.3 is 0 Å². The van der Waals surface area contributed by atoms with Gasteiger partial charge in [-0.1, -0.05) is 50.7 Å². The first-order valence-corrected chi connectivity index (χ1v) is 7.26. The third-order valence-corrected chi connectivity index (χ3v) is 3.81. The monoisotopic (exact) mass is 379 g/mol. The summed E-state index contributed by atoms with van der Waals surface area (Å²) in [6.45, 7) is 0.395. The second-order valence-electron chi connectivity index (χ2n) is 3.87. The van der Waals surface area contributed by atoms with E-state index in [1.165, 1.54) is 0 Å². The Labute approximate surface area is 134 Å². The molecule has 2 rings (SSSR count). The molecule has 2 nitrogen and oxygen atoms in total. The lowest BCUT2D eigenvalue weighted by Gasteiger charge is -2.12. The van der Waals surface area contributed by atoms with Gasteiger partial charge in [0.25, 0.3) is 0 Å². The molecule has 2 aromatic rings. The lowest BCUT2D eigenvalue weighted by molar-refractivity contribution is 0.469. The van der Waals surface area contributed by atoms with Crippen LogP contribution in [0.3, 0.4) is 0 Å². The Bertz CT molecular complexity index is 596. The van der Waals surface area contributed by atoms with Crippen LogP contribution in [0.2, 0.25) is 15.1 Å². The molecule has 0 saturated carbocycles. The number of phenols is 1. The third kappa shape index (κ3) is 3.69. The predicted molar refractivity (Wildman–Crippen MR) is 84.6 cm³/mol. The summed E-state index contributed by atoms with van der Waals surface area (Å²) in [6, 6.07) is 8.42. The Balaban J connectivity index is 2.21. The zero-order chi connectivity index (χ0) is 14.0. The molecule has 0 amide bonds. The van der Waals surface area contributed by atoms with E-state index in [4.69, 9.17) is 34.8 Å². The Hall–Kier alpha value is -0.610. The van der Waals surface area contributed by atoms with Gasteiger partial charge in [-0.05, 0) is 30.3 Å². The molecule has 0 aliphatic heterocycles. The first-order chi connectivity index (χ1) is 8.97. The van der Waals surface area contributed by atoms with E-state index in [1.54, 1.807) is 24.3 Å². The zero-order valence-electron chi connectivity index (χ0n) is 9.55. The Morgan fingerprint density at radius 1 is 1.05 bits per heavy atom. The maximum atomic E-state index is 9.75. The molecule has 0 radical (unpaired) electrons. The molecular weight excluding hydrogens is 372 g/mol. The van der Waals surface area contributed by atoms with Crippen LogP contribution in [0.25, 0.3) is 0 Å². The van der Waals surface area contributed by atoms with E-state index >= 15 is 0 Å². The molecule has 0 aliphatic carbocycles. The molecule has 2 aromatic carbocycles. The van der Waals surface area contributed by atoms with Gasteiger partial charge in [0.15, 0.2) is 0 Å². The molecule has 2 N–H and O–H groups in total. The van der Waals surface area contributed by atoms with Crippen molar-refractivity contribution in [3.63, 3.8) is 0 Å². The molecule has 0 atom stereocenters. The minimum Gasteiger partial charge on any atom is -0.508 e. The predicted octanol–water partition coefficient (Wildman–Crippen LogP) is 5.73. The van der Waals surface area contributed by atoms with Gasteiger partial charge in [-0.3, -0.25) is 0 Å². The highest BCUT2D eigenvalue weighted by Gasteiger charge is 2.09. The van der Waals surface area contributed by atoms with E-state index < -0.39 is 0 Å². The second-order valence-corrected chi connectivity index (χ2v) is 6.04. The summed E-state index contributed by atoms with van der Waals surface area (Å²) in [6.07, 6.45) is 0. The zero-order valence-corrected chi connectivity index (χ0v) is 13.4. The van der Waals surface area contributed by atoms with Gasteiger partial charge in [0.2, 0.25) is 0 Å². The number of phenolic OH excluding ortho intramolecular Hbond substituents is 1. The first-order valence-electron chi connectivity index (χ1n) is 5.33. The average molecular weight is 381 g/mol. The summed E-state index contributed by atoms with van der Waals surface area (Å²) < 4.78 is 0.885. The second kappa shape index (κ2) is 6.23. The molecule has 19 heavy (non-hydrogen) atoms. The highest BCUT2D eigenvalue weighted by Crippen LogP contribution is 2.34. The highest BCUT2D eigenvalue weighted by molar-refractivity contribution is 9.10. The first kappa shape index (κ1) is 14.8. The summed E-state index contributed by atoms with van der Waals surface area (Å²) in [7, 11) is 0. The van der Waals surface area contributed by atoms with Crippen LogP contribution in [0.15, 0.2) is 34.8 Å². The Morgan fingerprint density at radius 2 is 1.68 bits per heavy atom. The minimum atomic E-state index is 0.205. The number of hydrogen-bond acceptors (Lipinski definition) is 2. The summed E-state index contributed by atoms with van der Waals surface area (Å²) in [5.74, 6) is 0.205. The molecular formula is C13H9BrCl3NO. The van der Waals surface area contributed by atoms with Gasteiger partial charge in [0.05, 0.1) is 15.7 Å². The van der Waals surface area contributed by atoms with Crippen molar-refractivity contribution in [2.24, 2.45) is 0 Å². The quantitative estimate of drug-likeness (QED) is 0.712. The van der Waals surface area contributed by atoms with Crippen molar-refractivity contribution in [3.8, 4) is 5.75 Å². The standard InChI is InChI=1S/C13H9BrCl3NO/c14-8-1-2-12(19)7(3-8)6-18-13-10(16)4-9(15)5-11(13)17/h1-5,18-19H,6H2. The number of benzene rings is 2. The van der Waals surface area contributed by atoms with Crippen LogP contribution in [0.1, 0.15) is 5.56 Å². The summed E-state index contributed by atoms with van der Waals surface area (Å²) in [4.78, 5) is 0. The fourth-order valence-corrected chi connectivity index (χ4v) is 2.95. The normalized spacial score (nSPS) is 10.5. The summed E-state index contributed by atoms with van der Waals surface area (Å²) in [5.41, 5.74) is 1.32. The van der Waals surface area contributed by atoms with Crippen molar-refractivity contribution in [2.75, 3.05) is 5.32 Å². The SMILES string of the molecule is Oc1ccc(Br)cc1CNc1c(Cl)cc(Cl)cc1Cl. The number of rotatable bonds is 3. The third-order valence-electron chi connectivity index (χ3n) is 2.50. The van der Waals surface area contributed by atoms with Crippen molar-refractivity contribution in [1.29, 1.82) is 0 Å². The van der Waals surface area contributed by atoms with Gasteiger partial charge in [-0.2, -0.15) is 0 Å². The molecule has 0 spiro atoms. The van der Waals surface area contributed by atoms with Gasteiger partial charge < -0.3 is 10.4 Å². The van der Waals surface area contributed by atoms with E-state index in [0.717, 1.165) is 10.0 Å². The van der Waals surface area contributed by atoms with Gasteiger partial charge in [0.1, 0.15) is 5.75 Å². The van der Waals surface area contributed by atoms with Crippen molar-refractivity contribution >= 4 is 56.4 Å². The Kier molecular flexibility index (Phi) is 4.85. The van der Waals surface area contributed by atoms with Crippen molar-refractivity contribution in [1.82, 2.24) is 0 Å². The van der Waals surface area contributed by atoms with Gasteiger partial charge in [-0.15, -0.1) is 0 Å². The molecule has 6 heteroatoms. The molecule has 0 aliphatic rings. The minimum absolute atomic E-state index is 0.205. The van der Waals surface area contributed by atoms with E-state index in [1.807, 2.05) is 6.07 Å². The number of hydrogen-bond donors (Lipinski definition) is 2. The van der Waals surface area contributed by atoms with Crippen LogP contribution in [0.5, 0.6) is 5.75 Å². The number of anilines is 1. The average Bonchev–Trinajstić information content (AvgIpc) is 2.32. The van der Waals surface area contributed by atoms with Crippen LogP contribution in [0, 0.1) is 0 Å². The number of aromatic hydroxyl groups is 1. The lowest BCUT2D eigenvalue weighted by Crippen LogP contribution is -2.01. The Morgan fingerprint density at radius 3 is 2.32 bits per heavy atom. The van der Waals surface area contributed by atoms with Crippen LogP contribution in [-0.4, -0.2) is 5.11 Å². The molecule has 0 heterocycles. The van der Waals surface area contributed by atoms with Crippen LogP contribution in [-0.2, 0) is 6.54 Å². The summed E-state index contributed by atoms with van der Waals surface area (Å²) in [5, 5.41) is 14.2. The van der Waals surface area contributed by atoms with Crippen molar-refractivity contribution in [2.45, 2.75) is 6.54 Å². The lowest BCUT2D eigenvalue weighted by atomic mass is 10.2. The maximum absolute atomic E-state index is 9.75. The number of halogens is 4. The smallest absolute Gasteiger partial charge is 0.120 e. The van der Waals surface area contributed by atoms with Crippen molar-refractivity contribution in [3.05, 3.63) is 55.4 Å². The molecule has 0 unspecified atom stereocenters. The van der Waals surface area contributed by atoms with Gasteiger partial charge in [-0.25, -0.2) is 0 Å². The van der Waals surface area contributed by atoms with E-state index in [-0.39, 0.29) is 5.75 Å². The molecule has 0 fully saturated rings. The highest BCUT2D eigenvalue weighted by atomic mass is 79.9. The van der Waals surface area contributed by atoms with Crippen LogP contribution < -0.4 is 5.32 Å². The number of nitrogens with one attached hydrogen (secondary N) is 1. The van der Waals surface area contributed by atoms with E-state index in [9.17, 15) is 5.11 Å². The molecule has 0 aromatic heterocycles. The topological polar surface area (TPSA) is 32.3 Å². The van der Waals surface area contributed by atoms with E-state index in [2.05, 4.69) is 21.2 Å².